The van der Waals surface area contributed by atoms with Crippen molar-refractivity contribution in [3.8, 4) is 5.75 Å². The number of hydrogen-bond donors (Lipinski definition) is 1. The van der Waals surface area contributed by atoms with Gasteiger partial charge in [-0.2, -0.15) is 0 Å². The topological polar surface area (TPSA) is 52.3 Å². The van der Waals surface area contributed by atoms with Crippen molar-refractivity contribution in [2.75, 3.05) is 13.7 Å². The molecule has 0 bridgehead atoms. The zero-order valence-corrected chi connectivity index (χ0v) is 7.21. The molecular weight excluding hydrogens is 173 g/mol. The third kappa shape index (κ3) is 2.03. The zero-order chi connectivity index (χ0) is 9.84. The highest BCUT2D eigenvalue weighted by Crippen LogP contribution is 2.18. The van der Waals surface area contributed by atoms with Crippen LogP contribution in [0.5, 0.6) is 5.75 Å². The Balaban J connectivity index is 3.06. The summed E-state index contributed by atoms with van der Waals surface area (Å²) in [7, 11) is 1.34. The molecule has 0 aromatic heterocycles. The van der Waals surface area contributed by atoms with E-state index in [0.29, 0.717) is 5.56 Å². The number of Topliss-reactive ketones (excluding diaryl/α,β-unsaturated/α-hetero) is 1. The van der Waals surface area contributed by atoms with E-state index in [0.717, 1.165) is 0 Å². The van der Waals surface area contributed by atoms with Crippen LogP contribution in [0.3, 0.4) is 0 Å². The van der Waals surface area contributed by atoms with Crippen LogP contribution in [0.25, 0.3) is 0 Å². The summed E-state index contributed by atoms with van der Waals surface area (Å²) in [4.78, 5) is 11.1. The van der Waals surface area contributed by atoms with Gasteiger partial charge in [-0.15, -0.1) is 0 Å². The van der Waals surface area contributed by atoms with Crippen LogP contribution in [0.1, 0.15) is 10.4 Å². The Kier molecular flexibility index (Phi) is 2.97. The van der Waals surface area contributed by atoms with E-state index in [2.05, 4.69) is 0 Å². The fourth-order valence-electron chi connectivity index (χ4n) is 0.951. The SMILES string of the molecule is COc1cc(C(=O)CN)ccc1F. The summed E-state index contributed by atoms with van der Waals surface area (Å²) in [6.45, 7) is -0.0885. The Hall–Kier alpha value is -1.42. The van der Waals surface area contributed by atoms with E-state index in [-0.39, 0.29) is 18.1 Å². The molecule has 4 heteroatoms. The van der Waals surface area contributed by atoms with E-state index < -0.39 is 5.82 Å². The lowest BCUT2D eigenvalue weighted by Crippen LogP contribution is -2.13. The average Bonchev–Trinajstić information content (AvgIpc) is 2.17. The highest BCUT2D eigenvalue weighted by atomic mass is 19.1. The Morgan fingerprint density at radius 1 is 1.62 bits per heavy atom. The molecule has 0 aliphatic heterocycles. The van der Waals surface area contributed by atoms with E-state index in [4.69, 9.17) is 10.5 Å². The fraction of sp³-hybridized carbons (Fsp3) is 0.222. The largest absolute Gasteiger partial charge is 0.494 e. The van der Waals surface area contributed by atoms with Crippen molar-refractivity contribution in [1.82, 2.24) is 0 Å². The van der Waals surface area contributed by atoms with Gasteiger partial charge in [-0.05, 0) is 18.2 Å². The summed E-state index contributed by atoms with van der Waals surface area (Å²) in [5.74, 6) is -0.673. The fourth-order valence-corrected chi connectivity index (χ4v) is 0.951. The average molecular weight is 183 g/mol. The normalized spacial score (nSPS) is 9.77. The van der Waals surface area contributed by atoms with E-state index in [1.54, 1.807) is 0 Å². The number of methoxy groups -OCH3 is 1. The van der Waals surface area contributed by atoms with Crippen LogP contribution in [0.4, 0.5) is 4.39 Å². The van der Waals surface area contributed by atoms with Crippen molar-refractivity contribution in [1.29, 1.82) is 0 Å². The van der Waals surface area contributed by atoms with Gasteiger partial charge in [-0.25, -0.2) is 4.39 Å². The van der Waals surface area contributed by atoms with Gasteiger partial charge in [0, 0.05) is 5.56 Å². The van der Waals surface area contributed by atoms with Gasteiger partial charge in [-0.1, -0.05) is 0 Å². The minimum atomic E-state index is -0.490. The lowest BCUT2D eigenvalue weighted by Gasteiger charge is -2.03. The van der Waals surface area contributed by atoms with Crippen molar-refractivity contribution in [3.63, 3.8) is 0 Å². The van der Waals surface area contributed by atoms with E-state index in [9.17, 15) is 9.18 Å². The van der Waals surface area contributed by atoms with E-state index in [1.807, 2.05) is 0 Å². The van der Waals surface area contributed by atoms with Crippen molar-refractivity contribution in [3.05, 3.63) is 29.6 Å². The summed E-state index contributed by atoms with van der Waals surface area (Å²) >= 11 is 0. The summed E-state index contributed by atoms with van der Waals surface area (Å²) in [6, 6.07) is 3.90. The summed E-state index contributed by atoms with van der Waals surface area (Å²) in [5.41, 5.74) is 5.51. The molecule has 0 saturated heterocycles. The molecule has 0 radical (unpaired) electrons. The van der Waals surface area contributed by atoms with E-state index in [1.165, 1.54) is 25.3 Å². The number of ketones is 1. The lowest BCUT2D eigenvalue weighted by atomic mass is 10.1. The minimum absolute atomic E-state index is 0.0549. The maximum absolute atomic E-state index is 12.9. The van der Waals surface area contributed by atoms with Crippen LogP contribution in [-0.4, -0.2) is 19.4 Å². The number of benzene rings is 1. The Labute approximate surface area is 75.3 Å². The van der Waals surface area contributed by atoms with Gasteiger partial charge in [0.15, 0.2) is 17.3 Å². The maximum Gasteiger partial charge on any atom is 0.176 e. The number of halogens is 1. The second kappa shape index (κ2) is 4.00. The van der Waals surface area contributed by atoms with Gasteiger partial charge in [0.05, 0.1) is 13.7 Å². The van der Waals surface area contributed by atoms with Gasteiger partial charge >= 0.3 is 0 Å². The first-order valence-corrected chi connectivity index (χ1v) is 3.76. The first-order valence-electron chi connectivity index (χ1n) is 3.76. The third-order valence-corrected chi connectivity index (χ3v) is 1.66. The first-order chi connectivity index (χ1) is 6.19. The molecule has 13 heavy (non-hydrogen) atoms. The number of rotatable bonds is 3. The third-order valence-electron chi connectivity index (χ3n) is 1.66. The molecule has 2 N–H and O–H groups in total. The minimum Gasteiger partial charge on any atom is -0.494 e. The number of hydrogen-bond acceptors (Lipinski definition) is 3. The molecule has 1 rings (SSSR count). The van der Waals surface area contributed by atoms with E-state index >= 15 is 0 Å². The molecule has 0 heterocycles. The summed E-state index contributed by atoms with van der Waals surface area (Å²) in [5, 5.41) is 0. The van der Waals surface area contributed by atoms with Crippen LogP contribution in [-0.2, 0) is 0 Å². The van der Waals surface area contributed by atoms with Crippen molar-refractivity contribution in [2.45, 2.75) is 0 Å². The molecule has 0 spiro atoms. The first kappa shape index (κ1) is 9.67. The molecule has 0 atom stereocenters. The molecule has 0 aliphatic rings. The second-order valence-electron chi connectivity index (χ2n) is 2.48. The molecule has 1 aromatic carbocycles. The highest BCUT2D eigenvalue weighted by molar-refractivity contribution is 5.97. The molecule has 0 amide bonds. The van der Waals surface area contributed by atoms with Crippen LogP contribution in [0.15, 0.2) is 18.2 Å². The highest BCUT2D eigenvalue weighted by Gasteiger charge is 2.07. The molecule has 3 nitrogen and oxygen atoms in total. The standard InChI is InChI=1S/C9H10FNO2/c1-13-9-4-6(8(12)5-11)2-3-7(9)10/h2-4H,5,11H2,1H3. The Morgan fingerprint density at radius 2 is 2.31 bits per heavy atom. The Morgan fingerprint density at radius 3 is 2.85 bits per heavy atom. The van der Waals surface area contributed by atoms with Crippen LogP contribution in [0, 0.1) is 5.82 Å². The molecule has 0 fully saturated rings. The second-order valence-corrected chi connectivity index (χ2v) is 2.48. The monoisotopic (exact) mass is 183 g/mol. The lowest BCUT2D eigenvalue weighted by molar-refractivity contribution is 0.100. The van der Waals surface area contributed by atoms with Crippen molar-refractivity contribution in [2.24, 2.45) is 5.73 Å². The molecule has 1 aromatic rings. The van der Waals surface area contributed by atoms with Gasteiger partial charge in [0.2, 0.25) is 0 Å². The number of ether oxygens (including phenoxy) is 1. The maximum atomic E-state index is 12.9. The smallest absolute Gasteiger partial charge is 0.176 e. The quantitative estimate of drug-likeness (QED) is 0.710. The van der Waals surface area contributed by atoms with Crippen molar-refractivity contribution < 1.29 is 13.9 Å². The summed E-state index contributed by atoms with van der Waals surface area (Å²) in [6.07, 6.45) is 0. The predicted molar refractivity (Wildman–Crippen MR) is 46.3 cm³/mol. The number of carbonyl (C=O) groups excluding carboxylic acids is 1. The van der Waals surface area contributed by atoms with Gasteiger partial charge < -0.3 is 10.5 Å². The van der Waals surface area contributed by atoms with Crippen molar-refractivity contribution >= 4 is 5.78 Å². The molecule has 0 unspecified atom stereocenters. The van der Waals surface area contributed by atoms with Gasteiger partial charge in [-0.3, -0.25) is 4.79 Å². The van der Waals surface area contributed by atoms with Gasteiger partial charge in [0.25, 0.3) is 0 Å². The summed E-state index contributed by atoms with van der Waals surface area (Å²) < 4.78 is 17.6. The predicted octanol–water partition coefficient (Wildman–Crippen LogP) is 0.976. The Bertz CT molecular complexity index is 325. The van der Waals surface area contributed by atoms with Crippen LogP contribution < -0.4 is 10.5 Å². The zero-order valence-electron chi connectivity index (χ0n) is 7.21. The molecule has 0 saturated carbocycles. The van der Waals surface area contributed by atoms with Crippen LogP contribution in [0.2, 0.25) is 0 Å². The number of carbonyl (C=O) groups is 1. The molecular formula is C9H10FNO2. The van der Waals surface area contributed by atoms with Crippen LogP contribution >= 0.6 is 0 Å². The number of nitrogens with two attached hydrogens (primary N) is 1. The van der Waals surface area contributed by atoms with Gasteiger partial charge in [0.1, 0.15) is 0 Å². The molecule has 0 aliphatic carbocycles. The molecule has 70 valence electrons.